The molecule has 1 aromatic rings. The topological polar surface area (TPSA) is 92.4 Å². The molecule has 18 heavy (non-hydrogen) atoms. The van der Waals surface area contributed by atoms with E-state index in [-0.39, 0.29) is 28.3 Å². The van der Waals surface area contributed by atoms with E-state index in [2.05, 4.69) is 4.72 Å². The number of aromatic hydroxyl groups is 1. The van der Waals surface area contributed by atoms with Gasteiger partial charge in [-0.05, 0) is 31.0 Å². The molecule has 0 fully saturated rings. The minimum absolute atomic E-state index is 0.0501. The summed E-state index contributed by atoms with van der Waals surface area (Å²) in [7, 11) is -3.59. The molecule has 5 nitrogen and oxygen atoms in total. The molecule has 1 aromatic carbocycles. The number of anilines is 1. The molecule has 0 amide bonds. The van der Waals surface area contributed by atoms with E-state index < -0.39 is 10.0 Å². The number of hydrogen-bond acceptors (Lipinski definition) is 4. The number of phenols is 1. The third-order valence-corrected chi connectivity index (χ3v) is 4.70. The number of sulfonamides is 1. The highest BCUT2D eigenvalue weighted by Crippen LogP contribution is 2.23. The van der Waals surface area contributed by atoms with Crippen LogP contribution in [-0.4, -0.2) is 19.6 Å². The number of nitrogens with two attached hydrogens (primary N) is 1. The maximum absolute atomic E-state index is 12.1. The third-order valence-electron chi connectivity index (χ3n) is 3.15. The van der Waals surface area contributed by atoms with Gasteiger partial charge in [0.15, 0.2) is 0 Å². The summed E-state index contributed by atoms with van der Waals surface area (Å²) in [5, 5.41) is 9.28. The zero-order valence-electron chi connectivity index (χ0n) is 10.8. The minimum Gasteiger partial charge on any atom is -0.506 e. The highest BCUT2D eigenvalue weighted by atomic mass is 32.2. The number of hydrogen-bond donors (Lipinski definition) is 3. The summed E-state index contributed by atoms with van der Waals surface area (Å²) in [5.41, 5.74) is 5.54. The van der Waals surface area contributed by atoms with Gasteiger partial charge in [0.1, 0.15) is 5.75 Å². The Morgan fingerprint density at radius 3 is 2.50 bits per heavy atom. The molecule has 2 atom stereocenters. The van der Waals surface area contributed by atoms with Crippen LogP contribution >= 0.6 is 0 Å². The van der Waals surface area contributed by atoms with Gasteiger partial charge in [0.2, 0.25) is 10.0 Å². The van der Waals surface area contributed by atoms with Crippen molar-refractivity contribution in [3.05, 3.63) is 18.2 Å². The van der Waals surface area contributed by atoms with Crippen LogP contribution in [0.25, 0.3) is 0 Å². The van der Waals surface area contributed by atoms with Crippen molar-refractivity contribution in [1.82, 2.24) is 4.72 Å². The first-order valence-corrected chi connectivity index (χ1v) is 7.37. The molecule has 0 aromatic heterocycles. The molecular formula is C12H20N2O3S. The van der Waals surface area contributed by atoms with Crippen LogP contribution in [0.3, 0.4) is 0 Å². The molecule has 1 rings (SSSR count). The molecule has 4 N–H and O–H groups in total. The van der Waals surface area contributed by atoms with Crippen molar-refractivity contribution < 1.29 is 13.5 Å². The Kier molecular flexibility index (Phi) is 4.59. The van der Waals surface area contributed by atoms with E-state index in [0.717, 1.165) is 6.42 Å². The maximum Gasteiger partial charge on any atom is 0.240 e. The predicted molar refractivity (Wildman–Crippen MR) is 71.8 cm³/mol. The average molecular weight is 272 g/mol. The summed E-state index contributed by atoms with van der Waals surface area (Å²) in [5.74, 6) is 0.123. The van der Waals surface area contributed by atoms with Crippen molar-refractivity contribution in [2.75, 3.05) is 5.73 Å². The smallest absolute Gasteiger partial charge is 0.240 e. The Bertz CT molecular complexity index is 514. The van der Waals surface area contributed by atoms with Gasteiger partial charge in [-0.2, -0.15) is 0 Å². The minimum atomic E-state index is -3.59. The highest BCUT2D eigenvalue weighted by Gasteiger charge is 2.20. The van der Waals surface area contributed by atoms with Crippen molar-refractivity contribution in [1.29, 1.82) is 0 Å². The summed E-state index contributed by atoms with van der Waals surface area (Å²) >= 11 is 0. The molecule has 0 spiro atoms. The zero-order chi connectivity index (χ0) is 13.9. The Hall–Kier alpha value is -1.27. The van der Waals surface area contributed by atoms with Gasteiger partial charge in [-0.25, -0.2) is 13.1 Å². The van der Waals surface area contributed by atoms with Gasteiger partial charge in [0.25, 0.3) is 0 Å². The molecule has 0 radical (unpaired) electrons. The van der Waals surface area contributed by atoms with E-state index >= 15 is 0 Å². The zero-order valence-corrected chi connectivity index (χ0v) is 11.7. The van der Waals surface area contributed by atoms with Crippen molar-refractivity contribution in [3.8, 4) is 5.75 Å². The van der Waals surface area contributed by atoms with Crippen LogP contribution in [0.5, 0.6) is 5.75 Å². The quantitative estimate of drug-likeness (QED) is 0.561. The van der Waals surface area contributed by atoms with Crippen LogP contribution in [-0.2, 0) is 10.0 Å². The lowest BCUT2D eigenvalue weighted by Gasteiger charge is -2.20. The summed E-state index contributed by atoms with van der Waals surface area (Å²) < 4.78 is 26.8. The molecular weight excluding hydrogens is 252 g/mol. The Morgan fingerprint density at radius 2 is 2.00 bits per heavy atom. The van der Waals surface area contributed by atoms with Gasteiger partial charge < -0.3 is 10.8 Å². The van der Waals surface area contributed by atoms with Gasteiger partial charge >= 0.3 is 0 Å². The Labute approximate surface area is 108 Å². The first-order chi connectivity index (χ1) is 8.27. The molecule has 6 heteroatoms. The SMILES string of the molecule is CCC(C)C(C)NS(=O)(=O)c1ccc(O)c(N)c1. The monoisotopic (exact) mass is 272 g/mol. The van der Waals surface area contributed by atoms with Crippen LogP contribution in [0.4, 0.5) is 5.69 Å². The standard InChI is InChI=1S/C12H20N2O3S/c1-4-8(2)9(3)14-18(16,17)10-5-6-12(15)11(13)7-10/h5-9,14-15H,4,13H2,1-3H3. The predicted octanol–water partition coefficient (Wildman–Crippen LogP) is 1.69. The average Bonchev–Trinajstić information content (AvgIpc) is 2.30. The molecule has 0 aliphatic carbocycles. The third kappa shape index (κ3) is 3.36. The van der Waals surface area contributed by atoms with Crippen molar-refractivity contribution in [3.63, 3.8) is 0 Å². The summed E-state index contributed by atoms with van der Waals surface area (Å²) in [4.78, 5) is 0.0629. The van der Waals surface area contributed by atoms with E-state index in [0.29, 0.717) is 0 Å². The molecule has 0 saturated carbocycles. The maximum atomic E-state index is 12.1. The fourth-order valence-corrected chi connectivity index (χ4v) is 2.87. The number of phenolic OH excluding ortho intramolecular Hbond substituents is 1. The second-order valence-electron chi connectivity index (χ2n) is 4.52. The van der Waals surface area contributed by atoms with Crippen LogP contribution in [0, 0.1) is 5.92 Å². The van der Waals surface area contributed by atoms with E-state index in [9.17, 15) is 13.5 Å². The second-order valence-corrected chi connectivity index (χ2v) is 6.23. The molecule has 0 aliphatic rings. The highest BCUT2D eigenvalue weighted by molar-refractivity contribution is 7.89. The molecule has 0 bridgehead atoms. The summed E-state index contributed by atoms with van der Waals surface area (Å²) in [6.07, 6.45) is 0.890. The van der Waals surface area contributed by atoms with Gasteiger partial charge in [-0.15, -0.1) is 0 Å². The van der Waals surface area contributed by atoms with E-state index in [4.69, 9.17) is 5.73 Å². The van der Waals surface area contributed by atoms with E-state index in [1.807, 2.05) is 20.8 Å². The largest absolute Gasteiger partial charge is 0.506 e. The fourth-order valence-electron chi connectivity index (χ4n) is 1.48. The van der Waals surface area contributed by atoms with Crippen LogP contribution in [0.15, 0.2) is 23.1 Å². The van der Waals surface area contributed by atoms with Crippen molar-refractivity contribution >= 4 is 15.7 Å². The first kappa shape index (κ1) is 14.8. The first-order valence-electron chi connectivity index (χ1n) is 5.88. The Balaban J connectivity index is 2.96. The van der Waals surface area contributed by atoms with Gasteiger partial charge in [-0.1, -0.05) is 20.3 Å². The lowest BCUT2D eigenvalue weighted by atomic mass is 10.0. The van der Waals surface area contributed by atoms with Gasteiger partial charge in [-0.3, -0.25) is 0 Å². The fraction of sp³-hybridized carbons (Fsp3) is 0.500. The summed E-state index contributed by atoms with van der Waals surface area (Å²) in [6, 6.07) is 3.70. The van der Waals surface area contributed by atoms with Crippen LogP contribution in [0.1, 0.15) is 27.2 Å². The number of rotatable bonds is 5. The Morgan fingerprint density at radius 1 is 1.39 bits per heavy atom. The normalized spacial score (nSPS) is 15.3. The molecule has 102 valence electrons. The molecule has 0 saturated heterocycles. The molecule has 0 aliphatic heterocycles. The molecule has 2 unspecified atom stereocenters. The van der Waals surface area contributed by atoms with E-state index in [1.165, 1.54) is 18.2 Å². The van der Waals surface area contributed by atoms with Crippen LogP contribution in [0.2, 0.25) is 0 Å². The summed E-state index contributed by atoms with van der Waals surface area (Å²) in [6.45, 7) is 5.82. The number of nitrogens with one attached hydrogen (secondary N) is 1. The van der Waals surface area contributed by atoms with Crippen molar-refractivity contribution in [2.45, 2.75) is 38.1 Å². The van der Waals surface area contributed by atoms with Crippen molar-refractivity contribution in [2.24, 2.45) is 5.92 Å². The lowest BCUT2D eigenvalue weighted by Crippen LogP contribution is -2.36. The lowest BCUT2D eigenvalue weighted by molar-refractivity contribution is 0.434. The van der Waals surface area contributed by atoms with E-state index in [1.54, 1.807) is 0 Å². The second kappa shape index (κ2) is 5.58. The number of benzene rings is 1. The number of nitrogen functional groups attached to an aromatic ring is 1. The molecule has 0 heterocycles. The van der Waals surface area contributed by atoms with Crippen LogP contribution < -0.4 is 10.5 Å². The van der Waals surface area contributed by atoms with Gasteiger partial charge in [0, 0.05) is 6.04 Å². The van der Waals surface area contributed by atoms with Gasteiger partial charge in [0.05, 0.1) is 10.6 Å².